The van der Waals surface area contributed by atoms with Crippen molar-refractivity contribution in [3.63, 3.8) is 0 Å². The fourth-order valence-corrected chi connectivity index (χ4v) is 2.34. The summed E-state index contributed by atoms with van der Waals surface area (Å²) in [6, 6.07) is 4.10. The molecule has 1 aliphatic rings. The van der Waals surface area contributed by atoms with Gasteiger partial charge in [0.15, 0.2) is 0 Å². The van der Waals surface area contributed by atoms with E-state index in [0.29, 0.717) is 6.10 Å². The molecule has 0 amide bonds. The van der Waals surface area contributed by atoms with Crippen LogP contribution < -0.4 is 5.32 Å². The number of hydrogen-bond donors (Lipinski definition) is 1. The third kappa shape index (κ3) is 3.54. The van der Waals surface area contributed by atoms with Crippen LogP contribution in [0.3, 0.4) is 0 Å². The molecule has 16 heavy (non-hydrogen) atoms. The summed E-state index contributed by atoms with van der Waals surface area (Å²) in [4.78, 5) is 0. The van der Waals surface area contributed by atoms with E-state index in [1.54, 1.807) is 11.8 Å². The smallest absolute Gasteiger partial charge is 0.118 e. The third-order valence-electron chi connectivity index (χ3n) is 2.70. The van der Waals surface area contributed by atoms with Gasteiger partial charge in [-0.15, -0.1) is 0 Å². The second-order valence-electron chi connectivity index (χ2n) is 4.07. The highest BCUT2D eigenvalue weighted by atomic mass is 32.2. The van der Waals surface area contributed by atoms with Crippen LogP contribution >= 0.6 is 11.8 Å². The lowest BCUT2D eigenvalue weighted by molar-refractivity contribution is 0.109. The molecule has 0 radical (unpaired) electrons. The predicted molar refractivity (Wildman–Crippen MR) is 66.6 cm³/mol. The normalized spacial score (nSPS) is 20.4. The van der Waals surface area contributed by atoms with E-state index in [1.165, 1.54) is 12.8 Å². The number of ether oxygens (including phenoxy) is 1. The van der Waals surface area contributed by atoms with Crippen molar-refractivity contribution in [2.24, 2.45) is 0 Å². The summed E-state index contributed by atoms with van der Waals surface area (Å²) >= 11 is 1.78. The Labute approximate surface area is 101 Å². The third-order valence-corrected chi connectivity index (χ3v) is 3.27. The average molecular weight is 241 g/mol. The molecule has 1 aliphatic heterocycles. The molecule has 0 aromatic carbocycles. The molecule has 1 aromatic heterocycles. The lowest BCUT2D eigenvalue weighted by Crippen LogP contribution is -2.25. The average Bonchev–Trinajstić information content (AvgIpc) is 2.90. The SMILES string of the molecule is CSCc1ccc(CNCC2CCCO2)o1. The van der Waals surface area contributed by atoms with Crippen molar-refractivity contribution in [1.29, 1.82) is 0 Å². The Balaban J connectivity index is 1.67. The standard InChI is InChI=1S/C12H19NO2S/c1-16-9-12-5-4-11(15-12)8-13-7-10-3-2-6-14-10/h4-5,10,13H,2-3,6-9H2,1H3. The first kappa shape index (κ1) is 12.0. The van der Waals surface area contributed by atoms with Gasteiger partial charge in [-0.25, -0.2) is 0 Å². The summed E-state index contributed by atoms with van der Waals surface area (Å²) in [5.41, 5.74) is 0. The molecule has 1 unspecified atom stereocenters. The van der Waals surface area contributed by atoms with E-state index in [-0.39, 0.29) is 0 Å². The van der Waals surface area contributed by atoms with Gasteiger partial charge in [-0.3, -0.25) is 0 Å². The van der Waals surface area contributed by atoms with Gasteiger partial charge in [-0.05, 0) is 31.2 Å². The van der Waals surface area contributed by atoms with Crippen LogP contribution in [0.5, 0.6) is 0 Å². The summed E-state index contributed by atoms with van der Waals surface area (Å²) in [6.45, 7) is 2.65. The van der Waals surface area contributed by atoms with Crippen LogP contribution in [0.2, 0.25) is 0 Å². The maximum absolute atomic E-state index is 5.66. The largest absolute Gasteiger partial charge is 0.464 e. The van der Waals surface area contributed by atoms with Crippen LogP contribution in [-0.2, 0) is 17.0 Å². The Bertz CT molecular complexity index is 308. The van der Waals surface area contributed by atoms with Crippen molar-refractivity contribution in [3.05, 3.63) is 23.7 Å². The zero-order chi connectivity index (χ0) is 11.2. The molecule has 3 nitrogen and oxygen atoms in total. The molecule has 1 fully saturated rings. The minimum atomic E-state index is 0.403. The van der Waals surface area contributed by atoms with Crippen molar-refractivity contribution in [2.75, 3.05) is 19.4 Å². The first-order valence-corrected chi connectivity index (χ1v) is 7.16. The minimum Gasteiger partial charge on any atom is -0.464 e. The van der Waals surface area contributed by atoms with Crippen LogP contribution in [0.25, 0.3) is 0 Å². The maximum Gasteiger partial charge on any atom is 0.118 e. The highest BCUT2D eigenvalue weighted by Crippen LogP contribution is 2.14. The van der Waals surface area contributed by atoms with Crippen LogP contribution in [0.4, 0.5) is 0 Å². The second kappa shape index (κ2) is 6.33. The van der Waals surface area contributed by atoms with Crippen LogP contribution in [0, 0.1) is 0 Å². The summed E-state index contributed by atoms with van der Waals surface area (Å²) in [5.74, 6) is 3.02. The predicted octanol–water partition coefficient (Wildman–Crippen LogP) is 2.41. The molecule has 0 bridgehead atoms. The molecule has 1 atom stereocenters. The number of furan rings is 1. The molecule has 90 valence electrons. The van der Waals surface area contributed by atoms with Crippen molar-refractivity contribution >= 4 is 11.8 Å². The molecule has 2 heterocycles. The Kier molecular flexibility index (Phi) is 4.75. The van der Waals surface area contributed by atoms with Gasteiger partial charge in [0.1, 0.15) is 11.5 Å². The first-order chi connectivity index (χ1) is 7.88. The fraction of sp³-hybridized carbons (Fsp3) is 0.667. The van der Waals surface area contributed by atoms with Crippen molar-refractivity contribution in [1.82, 2.24) is 5.32 Å². The Morgan fingerprint density at radius 1 is 1.44 bits per heavy atom. The summed E-state index contributed by atoms with van der Waals surface area (Å²) in [6.07, 6.45) is 4.87. The molecule has 1 saturated heterocycles. The van der Waals surface area contributed by atoms with E-state index in [2.05, 4.69) is 17.6 Å². The van der Waals surface area contributed by atoms with Gasteiger partial charge in [0.05, 0.1) is 18.4 Å². The van der Waals surface area contributed by atoms with Crippen LogP contribution in [0.1, 0.15) is 24.4 Å². The van der Waals surface area contributed by atoms with Crippen molar-refractivity contribution in [3.8, 4) is 0 Å². The van der Waals surface area contributed by atoms with Crippen LogP contribution in [0.15, 0.2) is 16.5 Å². The molecule has 2 rings (SSSR count). The Morgan fingerprint density at radius 3 is 3.06 bits per heavy atom. The molecular formula is C12H19NO2S. The van der Waals surface area contributed by atoms with Gasteiger partial charge < -0.3 is 14.5 Å². The summed E-state index contributed by atoms with van der Waals surface area (Å²) < 4.78 is 11.2. The van der Waals surface area contributed by atoms with Gasteiger partial charge in [0.2, 0.25) is 0 Å². The topological polar surface area (TPSA) is 34.4 Å². The minimum absolute atomic E-state index is 0.403. The summed E-state index contributed by atoms with van der Waals surface area (Å²) in [5, 5.41) is 3.37. The highest BCUT2D eigenvalue weighted by Gasteiger charge is 2.14. The first-order valence-electron chi connectivity index (χ1n) is 5.77. The highest BCUT2D eigenvalue weighted by molar-refractivity contribution is 7.97. The van der Waals surface area contributed by atoms with Gasteiger partial charge >= 0.3 is 0 Å². The molecular weight excluding hydrogens is 222 g/mol. The Morgan fingerprint density at radius 2 is 2.31 bits per heavy atom. The lowest BCUT2D eigenvalue weighted by atomic mass is 10.2. The second-order valence-corrected chi connectivity index (χ2v) is 4.93. The molecule has 1 aromatic rings. The van der Waals surface area contributed by atoms with Gasteiger partial charge in [0, 0.05) is 13.2 Å². The van der Waals surface area contributed by atoms with Gasteiger partial charge in [-0.2, -0.15) is 11.8 Å². The molecule has 0 saturated carbocycles. The number of nitrogens with one attached hydrogen (secondary N) is 1. The zero-order valence-electron chi connectivity index (χ0n) is 9.70. The van der Waals surface area contributed by atoms with E-state index >= 15 is 0 Å². The van der Waals surface area contributed by atoms with Crippen molar-refractivity contribution < 1.29 is 9.15 Å². The van der Waals surface area contributed by atoms with Gasteiger partial charge in [0.25, 0.3) is 0 Å². The maximum atomic E-state index is 5.66. The molecule has 1 N–H and O–H groups in total. The Hall–Kier alpha value is -0.450. The van der Waals surface area contributed by atoms with E-state index in [0.717, 1.165) is 37.0 Å². The lowest BCUT2D eigenvalue weighted by Gasteiger charge is -2.09. The number of rotatable bonds is 6. The number of thioether (sulfide) groups is 1. The summed E-state index contributed by atoms with van der Waals surface area (Å²) in [7, 11) is 0. The van der Waals surface area contributed by atoms with E-state index in [9.17, 15) is 0 Å². The quantitative estimate of drug-likeness (QED) is 0.829. The molecule has 0 spiro atoms. The molecule has 0 aliphatic carbocycles. The van der Waals surface area contributed by atoms with Crippen molar-refractivity contribution in [2.45, 2.75) is 31.2 Å². The monoisotopic (exact) mass is 241 g/mol. The zero-order valence-corrected chi connectivity index (χ0v) is 10.5. The van der Waals surface area contributed by atoms with E-state index < -0.39 is 0 Å². The van der Waals surface area contributed by atoms with E-state index in [1.807, 2.05) is 6.07 Å². The van der Waals surface area contributed by atoms with Gasteiger partial charge in [-0.1, -0.05) is 0 Å². The molecule has 4 heteroatoms. The van der Waals surface area contributed by atoms with Crippen LogP contribution in [-0.4, -0.2) is 25.5 Å². The number of hydrogen-bond acceptors (Lipinski definition) is 4. The fourth-order valence-electron chi connectivity index (χ4n) is 1.90. The van der Waals surface area contributed by atoms with E-state index in [4.69, 9.17) is 9.15 Å².